The number of carbonyl (C=O) groups is 2. The topological polar surface area (TPSA) is 88.4 Å². The quantitative estimate of drug-likeness (QED) is 0.182. The van der Waals surface area contributed by atoms with Crippen molar-refractivity contribution < 1.29 is 27.9 Å². The summed E-state index contributed by atoms with van der Waals surface area (Å²) in [5.74, 6) is -1.44. The molecule has 0 aliphatic heterocycles. The van der Waals surface area contributed by atoms with Crippen LogP contribution in [0.4, 0.5) is 18.9 Å². The number of hydrogen-bond donors (Lipinski definition) is 2. The fourth-order valence-corrected chi connectivity index (χ4v) is 5.76. The average Bonchev–Trinajstić information content (AvgIpc) is 3.00. The van der Waals surface area contributed by atoms with Gasteiger partial charge in [-0.1, -0.05) is 72.8 Å². The number of pyridine rings is 1. The molecule has 0 radical (unpaired) electrons. The van der Waals surface area contributed by atoms with E-state index >= 15 is 0 Å². The van der Waals surface area contributed by atoms with Crippen molar-refractivity contribution in [2.24, 2.45) is 0 Å². The molecule has 43 heavy (non-hydrogen) atoms. The van der Waals surface area contributed by atoms with Crippen LogP contribution in [0, 0.1) is 0 Å². The van der Waals surface area contributed by atoms with Gasteiger partial charge in [-0.15, -0.1) is 0 Å². The molecule has 1 aromatic heterocycles. The molecule has 6 nitrogen and oxygen atoms in total. The Morgan fingerprint density at radius 1 is 0.884 bits per heavy atom. The van der Waals surface area contributed by atoms with Crippen molar-refractivity contribution in [2.45, 2.75) is 18.0 Å². The molecule has 10 heteroatoms. The molecule has 5 aromatic rings. The maximum atomic E-state index is 13.7. The Kier molecular flexibility index (Phi) is 8.68. The van der Waals surface area contributed by atoms with Crippen LogP contribution in [-0.4, -0.2) is 27.3 Å². The van der Waals surface area contributed by atoms with Gasteiger partial charge in [-0.2, -0.15) is 24.9 Å². The summed E-state index contributed by atoms with van der Waals surface area (Å²) < 4.78 is 40.1. The summed E-state index contributed by atoms with van der Waals surface area (Å²) in [6.07, 6.45) is -3.10. The van der Waals surface area contributed by atoms with E-state index in [2.05, 4.69) is 5.32 Å². The third-order valence-electron chi connectivity index (χ3n) is 6.87. The molecule has 0 unspecified atom stereocenters. The highest BCUT2D eigenvalue weighted by Gasteiger charge is 2.30. The number of nitrogens with one attached hydrogen (secondary N) is 1. The number of carboxylic acid groups (broad SMARTS) is 1. The number of carbonyl (C=O) groups excluding carboxylic acids is 1. The van der Waals surface area contributed by atoms with Gasteiger partial charge in [0.05, 0.1) is 5.56 Å². The predicted molar refractivity (Wildman–Crippen MR) is 162 cm³/mol. The molecule has 0 aliphatic rings. The Balaban J connectivity index is 1.55. The number of nitrogens with zero attached hydrogens (tertiary/aromatic N) is 1. The molecule has 0 saturated carbocycles. The Hall–Kier alpha value is -4.83. The molecule has 0 fully saturated rings. The zero-order valence-corrected chi connectivity index (χ0v) is 23.4. The van der Waals surface area contributed by atoms with Gasteiger partial charge in [-0.25, -0.2) is 4.79 Å². The number of thioether (sulfide) groups is 1. The number of carboxylic acids is 1. The predicted octanol–water partition coefficient (Wildman–Crippen LogP) is 7.50. The maximum Gasteiger partial charge on any atom is 0.416 e. The molecule has 218 valence electrons. The number of hydrogen-bond acceptors (Lipinski definition) is 4. The van der Waals surface area contributed by atoms with E-state index in [0.717, 1.165) is 45.2 Å². The van der Waals surface area contributed by atoms with E-state index in [1.807, 2.05) is 72.8 Å². The lowest BCUT2D eigenvalue weighted by Gasteiger charge is -2.19. The van der Waals surface area contributed by atoms with Crippen molar-refractivity contribution >= 4 is 40.1 Å². The number of aliphatic carboxylic acids is 1. The molecule has 1 amide bonds. The smallest absolute Gasteiger partial charge is 0.416 e. The highest BCUT2D eigenvalue weighted by atomic mass is 32.2. The van der Waals surface area contributed by atoms with Crippen molar-refractivity contribution in [3.63, 3.8) is 0 Å². The number of fused-ring (bicyclic) bond motifs is 1. The van der Waals surface area contributed by atoms with E-state index in [1.165, 1.54) is 24.0 Å². The SMILES string of the molecule is O=C(Nc1cc(-c2cccc3ccccc23)cn([C@@H](CSCc2ccccc2)C(=O)O)c1=O)c1ccc(C(F)(F)F)cc1. The molecular weight excluding hydrogens is 577 g/mol. The number of rotatable bonds is 9. The molecule has 2 N–H and O–H groups in total. The lowest BCUT2D eigenvalue weighted by Crippen LogP contribution is -2.33. The lowest BCUT2D eigenvalue weighted by atomic mass is 9.99. The van der Waals surface area contributed by atoms with E-state index in [-0.39, 0.29) is 17.0 Å². The van der Waals surface area contributed by atoms with Crippen LogP contribution in [0.25, 0.3) is 21.9 Å². The number of amides is 1. The lowest BCUT2D eigenvalue weighted by molar-refractivity contribution is -0.140. The highest BCUT2D eigenvalue weighted by Crippen LogP contribution is 2.31. The highest BCUT2D eigenvalue weighted by molar-refractivity contribution is 7.98. The summed E-state index contributed by atoms with van der Waals surface area (Å²) in [5, 5.41) is 14.4. The molecule has 0 bridgehead atoms. The largest absolute Gasteiger partial charge is 0.480 e. The first-order valence-electron chi connectivity index (χ1n) is 13.2. The van der Waals surface area contributed by atoms with E-state index in [0.29, 0.717) is 16.9 Å². The summed E-state index contributed by atoms with van der Waals surface area (Å²) in [5.41, 5.74) is 0.227. The molecular formula is C33H25F3N2O4S. The number of benzene rings is 4. The number of halogens is 3. The standard InChI is InChI=1S/C33H25F3N2O4S/c34-33(35,36)25-15-13-23(14-16-25)30(39)37-28-17-24(27-12-6-10-22-9-4-5-11-26(22)27)18-38(31(28)40)29(32(41)42)20-43-19-21-7-2-1-3-8-21/h1-18,29H,19-20H2,(H,37,39)(H,41,42)/t29-/m0/s1. The number of alkyl halides is 3. The van der Waals surface area contributed by atoms with Crippen LogP contribution in [0.2, 0.25) is 0 Å². The normalized spacial score (nSPS) is 12.2. The second kappa shape index (κ2) is 12.6. The van der Waals surface area contributed by atoms with E-state index < -0.39 is 35.2 Å². The molecule has 5 rings (SSSR count). The molecule has 1 heterocycles. The molecule has 0 saturated heterocycles. The summed E-state index contributed by atoms with van der Waals surface area (Å²) in [4.78, 5) is 39.2. The zero-order chi connectivity index (χ0) is 30.6. The van der Waals surface area contributed by atoms with Gasteiger partial charge in [0, 0.05) is 28.8 Å². The van der Waals surface area contributed by atoms with Crippen LogP contribution in [-0.2, 0) is 16.7 Å². The first-order valence-corrected chi connectivity index (χ1v) is 14.3. The monoisotopic (exact) mass is 602 g/mol. The average molecular weight is 603 g/mol. The Morgan fingerprint density at radius 2 is 1.56 bits per heavy atom. The van der Waals surface area contributed by atoms with Crippen molar-refractivity contribution in [3.05, 3.63) is 136 Å². The summed E-state index contributed by atoms with van der Waals surface area (Å²) in [6.45, 7) is 0. The van der Waals surface area contributed by atoms with Gasteiger partial charge in [0.1, 0.15) is 11.7 Å². The number of aromatic nitrogens is 1. The van der Waals surface area contributed by atoms with Crippen molar-refractivity contribution in [2.75, 3.05) is 11.1 Å². The van der Waals surface area contributed by atoms with Gasteiger partial charge in [0.25, 0.3) is 11.5 Å². The summed E-state index contributed by atoms with van der Waals surface area (Å²) in [7, 11) is 0. The van der Waals surface area contributed by atoms with Crippen LogP contribution < -0.4 is 10.9 Å². The van der Waals surface area contributed by atoms with Gasteiger partial charge in [0.2, 0.25) is 0 Å². The number of anilines is 1. The van der Waals surface area contributed by atoms with E-state index in [4.69, 9.17) is 0 Å². The van der Waals surface area contributed by atoms with Gasteiger partial charge in [0.15, 0.2) is 0 Å². The summed E-state index contributed by atoms with van der Waals surface area (Å²) in [6, 6.07) is 26.4. The Morgan fingerprint density at radius 3 is 2.26 bits per heavy atom. The second-order valence-electron chi connectivity index (χ2n) is 9.77. The maximum absolute atomic E-state index is 13.7. The van der Waals surface area contributed by atoms with Crippen LogP contribution in [0.5, 0.6) is 0 Å². The first kappa shape index (κ1) is 29.7. The van der Waals surface area contributed by atoms with Crippen LogP contribution in [0.1, 0.15) is 27.5 Å². The minimum Gasteiger partial charge on any atom is -0.480 e. The fourth-order valence-electron chi connectivity index (χ4n) is 4.69. The van der Waals surface area contributed by atoms with Gasteiger partial charge >= 0.3 is 12.1 Å². The van der Waals surface area contributed by atoms with E-state index in [1.54, 1.807) is 0 Å². The van der Waals surface area contributed by atoms with Crippen molar-refractivity contribution in [1.29, 1.82) is 0 Å². The molecule has 4 aromatic carbocycles. The third-order valence-corrected chi connectivity index (χ3v) is 7.96. The van der Waals surface area contributed by atoms with E-state index in [9.17, 15) is 32.7 Å². The first-order chi connectivity index (χ1) is 20.6. The Labute approximate surface area is 248 Å². The van der Waals surface area contributed by atoms with Crippen molar-refractivity contribution in [3.8, 4) is 11.1 Å². The van der Waals surface area contributed by atoms with Crippen LogP contribution in [0.15, 0.2) is 114 Å². The van der Waals surface area contributed by atoms with Crippen molar-refractivity contribution in [1.82, 2.24) is 4.57 Å². The molecule has 0 spiro atoms. The van der Waals surface area contributed by atoms with Crippen LogP contribution >= 0.6 is 11.8 Å². The molecule has 0 aliphatic carbocycles. The summed E-state index contributed by atoms with van der Waals surface area (Å²) >= 11 is 1.35. The zero-order valence-electron chi connectivity index (χ0n) is 22.5. The van der Waals surface area contributed by atoms with Crippen LogP contribution in [0.3, 0.4) is 0 Å². The molecule has 1 atom stereocenters. The minimum atomic E-state index is -4.57. The minimum absolute atomic E-state index is 0.0649. The van der Waals surface area contributed by atoms with Gasteiger partial charge in [-0.05, 0) is 52.2 Å². The van der Waals surface area contributed by atoms with Gasteiger partial charge < -0.3 is 10.4 Å². The second-order valence-corrected chi connectivity index (χ2v) is 10.8. The van der Waals surface area contributed by atoms with Gasteiger partial charge in [-0.3, -0.25) is 14.2 Å². The fraction of sp³-hybridized carbons (Fsp3) is 0.121. The third kappa shape index (κ3) is 6.81. The Bertz CT molecular complexity index is 1830.